The van der Waals surface area contributed by atoms with Crippen molar-refractivity contribution >= 4 is 28.3 Å². The molecule has 1 amide bonds. The summed E-state index contributed by atoms with van der Waals surface area (Å²) in [5.74, 6) is 0.651. The number of carbonyl (C=O) groups is 1. The fourth-order valence-corrected chi connectivity index (χ4v) is 3.48. The van der Waals surface area contributed by atoms with Crippen LogP contribution in [0.25, 0.3) is 0 Å². The van der Waals surface area contributed by atoms with Crippen LogP contribution in [0.3, 0.4) is 0 Å². The third-order valence-corrected chi connectivity index (χ3v) is 5.96. The molecular weight excluding hydrogens is 350 g/mol. The Balaban J connectivity index is 0.00000288. The van der Waals surface area contributed by atoms with Crippen LogP contribution >= 0.6 is 12.4 Å². The van der Waals surface area contributed by atoms with E-state index in [0.717, 1.165) is 31.5 Å². The minimum Gasteiger partial charge on any atom is -0.352 e. The average Bonchev–Trinajstić information content (AvgIpc) is 3.04. The van der Waals surface area contributed by atoms with E-state index < -0.39 is 10.0 Å². The zero-order valence-corrected chi connectivity index (χ0v) is 15.8. The number of benzene rings is 1. The number of carbonyl (C=O) groups excluding carboxylic acids is 1. The molecule has 0 aromatic heterocycles. The van der Waals surface area contributed by atoms with E-state index >= 15 is 0 Å². The van der Waals surface area contributed by atoms with E-state index in [1.807, 2.05) is 0 Å². The van der Waals surface area contributed by atoms with Gasteiger partial charge in [-0.3, -0.25) is 4.79 Å². The van der Waals surface area contributed by atoms with Crippen LogP contribution in [-0.2, 0) is 21.4 Å². The second kappa shape index (κ2) is 9.36. The molecule has 1 aromatic carbocycles. The van der Waals surface area contributed by atoms with Gasteiger partial charge in [0.1, 0.15) is 0 Å². The summed E-state index contributed by atoms with van der Waals surface area (Å²) in [6.07, 6.45) is 2.60. The summed E-state index contributed by atoms with van der Waals surface area (Å²) >= 11 is 0. The standard InChI is InChI=1S/C16H25N3O3S.ClH/c1-19(2)23(21,22)15-6-3-13(4-7-15)12-18-16(20)8-5-14-9-10-17-11-14;/h3-4,6-7,14,17H,5,8-12H2,1-2H3,(H,18,20);1H. The zero-order valence-electron chi connectivity index (χ0n) is 14.1. The summed E-state index contributed by atoms with van der Waals surface area (Å²) < 4.78 is 25.1. The molecule has 8 heteroatoms. The van der Waals surface area contributed by atoms with Gasteiger partial charge < -0.3 is 10.6 Å². The number of amides is 1. The van der Waals surface area contributed by atoms with Crippen molar-refractivity contribution in [3.63, 3.8) is 0 Å². The number of halogens is 1. The van der Waals surface area contributed by atoms with Crippen LogP contribution in [0.5, 0.6) is 0 Å². The lowest BCUT2D eigenvalue weighted by molar-refractivity contribution is -0.121. The van der Waals surface area contributed by atoms with Crippen molar-refractivity contribution in [1.82, 2.24) is 14.9 Å². The van der Waals surface area contributed by atoms with Gasteiger partial charge in [0.15, 0.2) is 0 Å². The molecule has 24 heavy (non-hydrogen) atoms. The lowest BCUT2D eigenvalue weighted by Crippen LogP contribution is -2.24. The maximum Gasteiger partial charge on any atom is 0.242 e. The van der Waals surface area contributed by atoms with Crippen molar-refractivity contribution in [3.8, 4) is 0 Å². The normalized spacial score (nSPS) is 17.5. The first-order valence-electron chi connectivity index (χ1n) is 7.88. The number of hydrogen-bond acceptors (Lipinski definition) is 4. The van der Waals surface area contributed by atoms with E-state index in [4.69, 9.17) is 0 Å². The lowest BCUT2D eigenvalue weighted by atomic mass is 10.0. The van der Waals surface area contributed by atoms with E-state index in [9.17, 15) is 13.2 Å². The molecule has 1 aromatic rings. The number of hydrogen-bond donors (Lipinski definition) is 2. The number of nitrogens with one attached hydrogen (secondary N) is 2. The van der Waals surface area contributed by atoms with Crippen LogP contribution in [0.1, 0.15) is 24.8 Å². The largest absolute Gasteiger partial charge is 0.352 e. The monoisotopic (exact) mass is 375 g/mol. The van der Waals surface area contributed by atoms with Crippen LogP contribution in [0.4, 0.5) is 0 Å². The third kappa shape index (κ3) is 5.73. The number of rotatable bonds is 7. The van der Waals surface area contributed by atoms with Crippen LogP contribution in [0, 0.1) is 5.92 Å². The Morgan fingerprint density at radius 1 is 1.29 bits per heavy atom. The Hall–Kier alpha value is -1.15. The molecule has 136 valence electrons. The van der Waals surface area contributed by atoms with Gasteiger partial charge in [0, 0.05) is 27.1 Å². The van der Waals surface area contributed by atoms with Crippen LogP contribution in [0.2, 0.25) is 0 Å². The van der Waals surface area contributed by atoms with Gasteiger partial charge >= 0.3 is 0 Å². The summed E-state index contributed by atoms with van der Waals surface area (Å²) in [5, 5.41) is 6.18. The Labute approximate surface area is 150 Å². The van der Waals surface area contributed by atoms with Gasteiger partial charge in [0.2, 0.25) is 15.9 Å². The topological polar surface area (TPSA) is 78.5 Å². The Morgan fingerprint density at radius 2 is 1.96 bits per heavy atom. The van der Waals surface area contributed by atoms with Crippen molar-refractivity contribution in [2.75, 3.05) is 27.2 Å². The molecule has 1 aliphatic rings. The van der Waals surface area contributed by atoms with Crippen LogP contribution in [0.15, 0.2) is 29.2 Å². The molecule has 1 saturated heterocycles. The second-order valence-corrected chi connectivity index (χ2v) is 8.26. The minimum atomic E-state index is -3.40. The summed E-state index contributed by atoms with van der Waals surface area (Å²) in [6.45, 7) is 2.48. The van der Waals surface area contributed by atoms with Gasteiger partial charge in [0.25, 0.3) is 0 Å². The molecule has 0 bridgehead atoms. The Kier molecular flexibility index (Phi) is 8.15. The highest BCUT2D eigenvalue weighted by atomic mass is 35.5. The highest BCUT2D eigenvalue weighted by Gasteiger charge is 2.17. The molecule has 2 N–H and O–H groups in total. The summed E-state index contributed by atoms with van der Waals surface area (Å²) in [6, 6.07) is 6.61. The van der Waals surface area contributed by atoms with Gasteiger partial charge in [-0.1, -0.05) is 12.1 Å². The van der Waals surface area contributed by atoms with Crippen molar-refractivity contribution in [3.05, 3.63) is 29.8 Å². The molecule has 1 fully saturated rings. The van der Waals surface area contributed by atoms with Gasteiger partial charge in [-0.05, 0) is 49.5 Å². The number of sulfonamides is 1. The lowest BCUT2D eigenvalue weighted by Gasteiger charge is -2.12. The molecule has 0 saturated carbocycles. The third-order valence-electron chi connectivity index (χ3n) is 4.13. The SMILES string of the molecule is CN(C)S(=O)(=O)c1ccc(CNC(=O)CCC2CCNC2)cc1.Cl. The van der Waals surface area contributed by atoms with Gasteiger partial charge in [-0.2, -0.15) is 0 Å². The first-order valence-corrected chi connectivity index (χ1v) is 9.32. The van der Waals surface area contributed by atoms with E-state index in [1.165, 1.54) is 18.4 Å². The maximum atomic E-state index is 12.0. The molecule has 1 heterocycles. The summed E-state index contributed by atoms with van der Waals surface area (Å²) in [4.78, 5) is 12.1. The van der Waals surface area contributed by atoms with E-state index in [2.05, 4.69) is 10.6 Å². The molecule has 2 rings (SSSR count). The second-order valence-electron chi connectivity index (χ2n) is 6.11. The highest BCUT2D eigenvalue weighted by Crippen LogP contribution is 2.15. The molecular formula is C16H26ClN3O3S. The predicted molar refractivity (Wildman–Crippen MR) is 96.6 cm³/mol. The molecule has 1 atom stereocenters. The fourth-order valence-electron chi connectivity index (χ4n) is 2.58. The van der Waals surface area contributed by atoms with Gasteiger partial charge in [-0.25, -0.2) is 12.7 Å². The van der Waals surface area contributed by atoms with E-state index in [-0.39, 0.29) is 23.2 Å². The quantitative estimate of drug-likeness (QED) is 0.754. The van der Waals surface area contributed by atoms with Crippen molar-refractivity contribution in [1.29, 1.82) is 0 Å². The fraction of sp³-hybridized carbons (Fsp3) is 0.562. The van der Waals surface area contributed by atoms with Crippen molar-refractivity contribution < 1.29 is 13.2 Å². The molecule has 0 spiro atoms. The van der Waals surface area contributed by atoms with Crippen molar-refractivity contribution in [2.45, 2.75) is 30.7 Å². The van der Waals surface area contributed by atoms with Crippen LogP contribution < -0.4 is 10.6 Å². The molecule has 1 unspecified atom stereocenters. The van der Waals surface area contributed by atoms with E-state index in [1.54, 1.807) is 24.3 Å². The molecule has 6 nitrogen and oxygen atoms in total. The molecule has 0 aliphatic carbocycles. The Morgan fingerprint density at radius 3 is 2.50 bits per heavy atom. The molecule has 1 aliphatic heterocycles. The highest BCUT2D eigenvalue weighted by molar-refractivity contribution is 7.89. The van der Waals surface area contributed by atoms with E-state index in [0.29, 0.717) is 18.9 Å². The maximum absolute atomic E-state index is 12.0. The number of nitrogens with zero attached hydrogens (tertiary/aromatic N) is 1. The van der Waals surface area contributed by atoms with Gasteiger partial charge in [-0.15, -0.1) is 12.4 Å². The molecule has 0 radical (unpaired) electrons. The average molecular weight is 376 g/mol. The first kappa shape index (κ1) is 20.9. The first-order chi connectivity index (χ1) is 10.9. The minimum absolute atomic E-state index is 0. The predicted octanol–water partition coefficient (Wildman–Crippen LogP) is 1.36. The zero-order chi connectivity index (χ0) is 16.9. The van der Waals surface area contributed by atoms with Crippen LogP contribution in [-0.4, -0.2) is 45.8 Å². The Bertz CT molecular complexity index is 626. The smallest absolute Gasteiger partial charge is 0.242 e. The van der Waals surface area contributed by atoms with Crippen molar-refractivity contribution in [2.24, 2.45) is 5.92 Å². The summed E-state index contributed by atoms with van der Waals surface area (Å²) in [7, 11) is -0.396. The van der Waals surface area contributed by atoms with Gasteiger partial charge in [0.05, 0.1) is 4.90 Å². The summed E-state index contributed by atoms with van der Waals surface area (Å²) in [5.41, 5.74) is 0.888.